The van der Waals surface area contributed by atoms with Crippen molar-refractivity contribution in [1.82, 2.24) is 19.6 Å². The second-order valence-corrected chi connectivity index (χ2v) is 6.49. The Labute approximate surface area is 168 Å². The van der Waals surface area contributed by atoms with E-state index >= 15 is 0 Å². The lowest BCUT2D eigenvalue weighted by Crippen LogP contribution is -1.98. The summed E-state index contributed by atoms with van der Waals surface area (Å²) in [5.74, 6) is 3.58. The molecule has 0 aliphatic carbocycles. The molecule has 2 heterocycles. The molecule has 2 aromatic heterocycles. The van der Waals surface area contributed by atoms with Crippen molar-refractivity contribution in [3.05, 3.63) is 66.1 Å². The van der Waals surface area contributed by atoms with Crippen LogP contribution >= 0.6 is 0 Å². The molecule has 7 heteroatoms. The lowest BCUT2D eigenvalue weighted by molar-refractivity contribution is 0.354. The van der Waals surface area contributed by atoms with Crippen molar-refractivity contribution in [2.45, 2.75) is 12.8 Å². The van der Waals surface area contributed by atoms with Crippen LogP contribution in [-0.2, 0) is 12.8 Å². The fourth-order valence-corrected chi connectivity index (χ4v) is 3.21. The van der Waals surface area contributed by atoms with E-state index < -0.39 is 0 Å². The molecule has 0 saturated carbocycles. The van der Waals surface area contributed by atoms with Gasteiger partial charge in [0.15, 0.2) is 17.3 Å². The van der Waals surface area contributed by atoms with Crippen molar-refractivity contribution >= 4 is 5.78 Å². The maximum atomic E-state index is 5.38. The summed E-state index contributed by atoms with van der Waals surface area (Å²) >= 11 is 0. The smallest absolute Gasteiger partial charge is 0.252 e. The number of benzene rings is 2. The molecule has 0 radical (unpaired) electrons. The fourth-order valence-electron chi connectivity index (χ4n) is 3.21. The number of hydrogen-bond acceptors (Lipinski definition) is 6. The third-order valence-corrected chi connectivity index (χ3v) is 4.76. The summed E-state index contributed by atoms with van der Waals surface area (Å²) < 4.78 is 17.7. The van der Waals surface area contributed by atoms with E-state index in [0.717, 1.165) is 46.3 Å². The lowest BCUT2D eigenvalue weighted by atomic mass is 10.1. The second-order valence-electron chi connectivity index (χ2n) is 6.49. The highest BCUT2D eigenvalue weighted by Gasteiger charge is 2.11. The Balaban J connectivity index is 1.58. The molecule has 0 bridgehead atoms. The van der Waals surface area contributed by atoms with Gasteiger partial charge >= 0.3 is 0 Å². The fraction of sp³-hybridized carbons (Fsp3) is 0.227. The minimum Gasteiger partial charge on any atom is -0.497 e. The Kier molecular flexibility index (Phi) is 5.29. The van der Waals surface area contributed by atoms with Gasteiger partial charge in [-0.05, 0) is 54.4 Å². The van der Waals surface area contributed by atoms with E-state index in [1.807, 2.05) is 48.5 Å². The normalized spacial score (nSPS) is 10.9. The van der Waals surface area contributed by atoms with Gasteiger partial charge in [-0.2, -0.15) is 9.50 Å². The highest BCUT2D eigenvalue weighted by Crippen LogP contribution is 2.28. The highest BCUT2D eigenvalue weighted by molar-refractivity contribution is 5.62. The van der Waals surface area contributed by atoms with E-state index in [-0.39, 0.29) is 0 Å². The molecule has 29 heavy (non-hydrogen) atoms. The van der Waals surface area contributed by atoms with Gasteiger partial charge in [-0.15, -0.1) is 5.10 Å². The summed E-state index contributed by atoms with van der Waals surface area (Å²) in [4.78, 5) is 8.94. The van der Waals surface area contributed by atoms with Crippen LogP contribution in [0.3, 0.4) is 0 Å². The molecule has 0 amide bonds. The minimum atomic E-state index is 0.584. The van der Waals surface area contributed by atoms with Gasteiger partial charge in [0.2, 0.25) is 0 Å². The summed E-state index contributed by atoms with van der Waals surface area (Å²) in [6.07, 6.45) is 3.23. The quantitative estimate of drug-likeness (QED) is 0.480. The predicted octanol–water partition coefficient (Wildman–Crippen LogP) is 3.60. The molecule has 0 aliphatic heterocycles. The first-order chi connectivity index (χ1) is 14.2. The van der Waals surface area contributed by atoms with E-state index in [4.69, 9.17) is 14.2 Å². The first kappa shape index (κ1) is 18.7. The molecule has 4 aromatic rings. The van der Waals surface area contributed by atoms with Gasteiger partial charge in [-0.3, -0.25) is 0 Å². The lowest BCUT2D eigenvalue weighted by Gasteiger charge is -2.08. The predicted molar refractivity (Wildman–Crippen MR) is 110 cm³/mol. The molecule has 4 rings (SSSR count). The van der Waals surface area contributed by atoms with Gasteiger partial charge in [-0.1, -0.05) is 6.07 Å². The topological polar surface area (TPSA) is 70.8 Å². The summed E-state index contributed by atoms with van der Waals surface area (Å²) in [6.45, 7) is 0. The van der Waals surface area contributed by atoms with Gasteiger partial charge in [0.25, 0.3) is 5.78 Å². The highest BCUT2D eigenvalue weighted by atomic mass is 16.5. The van der Waals surface area contributed by atoms with Crippen LogP contribution in [0, 0.1) is 0 Å². The van der Waals surface area contributed by atoms with Crippen LogP contribution in [0.25, 0.3) is 17.0 Å². The van der Waals surface area contributed by atoms with Crippen LogP contribution in [-0.4, -0.2) is 40.9 Å². The van der Waals surface area contributed by atoms with Crippen molar-refractivity contribution in [2.75, 3.05) is 21.3 Å². The minimum absolute atomic E-state index is 0.584. The number of ether oxygens (including phenoxy) is 3. The van der Waals surface area contributed by atoms with Gasteiger partial charge in [-0.25, -0.2) is 4.98 Å². The Morgan fingerprint density at radius 1 is 0.828 bits per heavy atom. The van der Waals surface area contributed by atoms with Crippen molar-refractivity contribution in [1.29, 1.82) is 0 Å². The van der Waals surface area contributed by atoms with Gasteiger partial charge in [0, 0.05) is 18.2 Å². The van der Waals surface area contributed by atoms with Crippen LogP contribution in [0.15, 0.2) is 54.7 Å². The van der Waals surface area contributed by atoms with Crippen LogP contribution in [0.4, 0.5) is 0 Å². The molecule has 0 atom stereocenters. The first-order valence-corrected chi connectivity index (χ1v) is 9.28. The summed E-state index contributed by atoms with van der Waals surface area (Å²) in [6, 6.07) is 15.7. The van der Waals surface area contributed by atoms with Crippen molar-refractivity contribution < 1.29 is 14.2 Å². The van der Waals surface area contributed by atoms with Crippen LogP contribution < -0.4 is 14.2 Å². The maximum Gasteiger partial charge on any atom is 0.252 e. The number of aromatic nitrogens is 4. The molecule has 0 unspecified atom stereocenters. The summed E-state index contributed by atoms with van der Waals surface area (Å²) in [5.41, 5.74) is 3.09. The summed E-state index contributed by atoms with van der Waals surface area (Å²) in [7, 11) is 4.92. The molecule has 0 spiro atoms. The number of hydrogen-bond donors (Lipinski definition) is 0. The number of fused-ring (bicyclic) bond motifs is 1. The molecular formula is C22H22N4O3. The van der Waals surface area contributed by atoms with E-state index in [2.05, 4.69) is 15.1 Å². The molecule has 0 saturated heterocycles. The maximum absolute atomic E-state index is 5.38. The van der Waals surface area contributed by atoms with Crippen molar-refractivity contribution in [3.8, 4) is 28.5 Å². The Morgan fingerprint density at radius 2 is 1.62 bits per heavy atom. The average molecular weight is 390 g/mol. The van der Waals surface area contributed by atoms with E-state index in [9.17, 15) is 0 Å². The van der Waals surface area contributed by atoms with E-state index in [0.29, 0.717) is 12.2 Å². The SMILES string of the molecule is COc1ccc(-c2ccnc3nc(CCc4ccc(OC)c(OC)c4)nn23)cc1. The van der Waals surface area contributed by atoms with Crippen LogP contribution in [0.5, 0.6) is 17.2 Å². The number of aryl methyl sites for hydroxylation is 2. The standard InChI is InChI=1S/C22H22N4O3/c1-27-17-8-6-16(7-9-17)18-12-13-23-22-24-21(25-26(18)22)11-5-15-4-10-19(28-2)20(14-15)29-3/h4,6-10,12-14H,5,11H2,1-3H3. The zero-order valence-corrected chi connectivity index (χ0v) is 16.6. The van der Waals surface area contributed by atoms with E-state index in [1.165, 1.54) is 0 Å². The number of rotatable bonds is 7. The van der Waals surface area contributed by atoms with Crippen LogP contribution in [0.1, 0.15) is 11.4 Å². The van der Waals surface area contributed by atoms with Crippen molar-refractivity contribution in [3.63, 3.8) is 0 Å². The zero-order chi connectivity index (χ0) is 20.2. The number of methoxy groups -OCH3 is 3. The summed E-state index contributed by atoms with van der Waals surface area (Å²) in [5, 5.41) is 4.68. The Bertz CT molecular complexity index is 1120. The zero-order valence-electron chi connectivity index (χ0n) is 16.6. The molecular weight excluding hydrogens is 368 g/mol. The molecule has 7 nitrogen and oxygen atoms in total. The molecule has 0 aliphatic rings. The van der Waals surface area contributed by atoms with Crippen molar-refractivity contribution in [2.24, 2.45) is 0 Å². The van der Waals surface area contributed by atoms with Gasteiger partial charge < -0.3 is 14.2 Å². The molecule has 2 aromatic carbocycles. The van der Waals surface area contributed by atoms with Gasteiger partial charge in [0.05, 0.1) is 27.0 Å². The molecule has 148 valence electrons. The Morgan fingerprint density at radius 3 is 2.34 bits per heavy atom. The second kappa shape index (κ2) is 8.18. The third kappa shape index (κ3) is 3.85. The Hall–Kier alpha value is -3.61. The monoisotopic (exact) mass is 390 g/mol. The van der Waals surface area contributed by atoms with Gasteiger partial charge in [0.1, 0.15) is 5.75 Å². The average Bonchev–Trinajstić information content (AvgIpc) is 3.20. The molecule has 0 N–H and O–H groups in total. The first-order valence-electron chi connectivity index (χ1n) is 9.28. The van der Waals surface area contributed by atoms with Crippen LogP contribution in [0.2, 0.25) is 0 Å². The number of nitrogens with zero attached hydrogens (tertiary/aromatic N) is 4. The third-order valence-electron chi connectivity index (χ3n) is 4.76. The van der Waals surface area contributed by atoms with E-state index in [1.54, 1.807) is 32.0 Å². The largest absolute Gasteiger partial charge is 0.497 e. The molecule has 0 fully saturated rings.